The van der Waals surface area contributed by atoms with Gasteiger partial charge in [-0.25, -0.2) is 0 Å². The molecule has 4 aromatic carbocycles. The van der Waals surface area contributed by atoms with Crippen LogP contribution < -0.4 is 25.4 Å². The van der Waals surface area contributed by atoms with Gasteiger partial charge in [0.1, 0.15) is 0 Å². The standard InChI is InChI=1S/C27H26BrO2P/c1-29-23-18-19-27(30-2)22(20-23)21-31(28,24-12-6-3-7-13-24,25-14-8-4-9-15-25)26-16-10-5-11-17-26/h3-20H,21H2,1-2H3. The fourth-order valence-electron chi connectivity index (χ4n) is 4.26. The Bertz CT molecular complexity index is 1050. The normalized spacial score (nSPS) is 12.5. The van der Waals surface area contributed by atoms with E-state index in [-0.39, 0.29) is 0 Å². The topological polar surface area (TPSA) is 18.5 Å². The number of rotatable bonds is 7. The molecule has 0 aliphatic heterocycles. The third kappa shape index (κ3) is 3.78. The Balaban J connectivity index is 2.09. The molecule has 0 spiro atoms. The molecule has 0 heterocycles. The van der Waals surface area contributed by atoms with Crippen LogP contribution in [0.1, 0.15) is 5.56 Å². The Labute approximate surface area is 192 Å². The molecule has 0 saturated carbocycles. The van der Waals surface area contributed by atoms with Gasteiger partial charge in [0.05, 0.1) is 0 Å². The van der Waals surface area contributed by atoms with Crippen molar-refractivity contribution in [3.63, 3.8) is 0 Å². The van der Waals surface area contributed by atoms with E-state index in [2.05, 4.69) is 113 Å². The van der Waals surface area contributed by atoms with Crippen LogP contribution in [0.3, 0.4) is 0 Å². The number of ether oxygens (including phenoxy) is 2. The average molecular weight is 493 g/mol. The first kappa shape index (κ1) is 21.6. The van der Waals surface area contributed by atoms with Crippen molar-refractivity contribution in [2.24, 2.45) is 0 Å². The van der Waals surface area contributed by atoms with Crippen molar-refractivity contribution < 1.29 is 9.47 Å². The van der Waals surface area contributed by atoms with Crippen LogP contribution in [0.15, 0.2) is 109 Å². The summed E-state index contributed by atoms with van der Waals surface area (Å²) in [5.41, 5.74) is 1.10. The minimum atomic E-state index is -3.09. The second kappa shape index (κ2) is 8.86. The summed E-state index contributed by atoms with van der Waals surface area (Å²) in [6.07, 6.45) is 0.754. The van der Waals surface area contributed by atoms with Gasteiger partial charge in [-0.2, -0.15) is 0 Å². The Morgan fingerprint density at radius 3 is 1.45 bits per heavy atom. The van der Waals surface area contributed by atoms with E-state index in [1.165, 1.54) is 15.9 Å². The summed E-state index contributed by atoms with van der Waals surface area (Å²) in [4.78, 5) is 0. The average Bonchev–Trinajstić information content (AvgIpc) is 2.85. The molecular weight excluding hydrogens is 467 g/mol. The third-order valence-corrected chi connectivity index (χ3v) is 15.3. The molecule has 158 valence electrons. The molecule has 0 fully saturated rings. The fourth-order valence-corrected chi connectivity index (χ4v) is 11.9. The second-order valence-electron chi connectivity index (χ2n) is 7.53. The van der Waals surface area contributed by atoms with Gasteiger partial charge >= 0.3 is 193 Å². The van der Waals surface area contributed by atoms with E-state index in [4.69, 9.17) is 9.47 Å². The summed E-state index contributed by atoms with van der Waals surface area (Å²) in [5, 5.41) is 0.731. The van der Waals surface area contributed by atoms with Crippen molar-refractivity contribution in [2.45, 2.75) is 6.16 Å². The van der Waals surface area contributed by atoms with Crippen LogP contribution in [0.4, 0.5) is 0 Å². The fraction of sp³-hybridized carbons (Fsp3) is 0.111. The summed E-state index contributed by atoms with van der Waals surface area (Å²) in [7, 11) is 3.42. The van der Waals surface area contributed by atoms with Crippen molar-refractivity contribution in [3.8, 4) is 11.5 Å². The number of halogens is 1. The van der Waals surface area contributed by atoms with Crippen LogP contribution >= 0.6 is 20.8 Å². The second-order valence-corrected chi connectivity index (χ2v) is 16.5. The van der Waals surface area contributed by atoms with E-state index < -0.39 is 5.31 Å². The molecule has 0 aliphatic rings. The zero-order valence-electron chi connectivity index (χ0n) is 17.7. The van der Waals surface area contributed by atoms with E-state index in [9.17, 15) is 0 Å². The van der Waals surface area contributed by atoms with Gasteiger partial charge in [-0.1, -0.05) is 0 Å². The van der Waals surface area contributed by atoms with Gasteiger partial charge in [-0.15, -0.1) is 0 Å². The van der Waals surface area contributed by atoms with Crippen LogP contribution in [0.5, 0.6) is 11.5 Å². The van der Waals surface area contributed by atoms with Crippen molar-refractivity contribution >= 4 is 36.7 Å². The SMILES string of the molecule is COc1ccc(OC)c(CP(Br)(c2ccccc2)(c2ccccc2)c2ccccc2)c1. The van der Waals surface area contributed by atoms with Crippen molar-refractivity contribution in [1.82, 2.24) is 0 Å². The van der Waals surface area contributed by atoms with E-state index >= 15 is 0 Å². The van der Waals surface area contributed by atoms with Gasteiger partial charge in [-0.05, 0) is 0 Å². The molecule has 0 atom stereocenters. The molecule has 0 amide bonds. The van der Waals surface area contributed by atoms with Crippen molar-refractivity contribution in [1.29, 1.82) is 0 Å². The Hall–Kier alpha value is -2.61. The molecule has 2 nitrogen and oxygen atoms in total. The van der Waals surface area contributed by atoms with Gasteiger partial charge in [0.15, 0.2) is 0 Å². The van der Waals surface area contributed by atoms with Gasteiger partial charge < -0.3 is 0 Å². The molecular formula is C27H26BrO2P. The van der Waals surface area contributed by atoms with Crippen LogP contribution in [0, 0.1) is 0 Å². The quantitative estimate of drug-likeness (QED) is 0.292. The van der Waals surface area contributed by atoms with Crippen LogP contribution in [0.25, 0.3) is 0 Å². The number of benzene rings is 4. The Kier molecular flexibility index (Phi) is 6.18. The molecule has 0 N–H and O–H groups in total. The molecule has 0 unspecified atom stereocenters. The first-order valence-corrected chi connectivity index (χ1v) is 14.6. The Morgan fingerprint density at radius 1 is 0.613 bits per heavy atom. The van der Waals surface area contributed by atoms with E-state index in [0.29, 0.717) is 0 Å². The van der Waals surface area contributed by atoms with Crippen LogP contribution in [0.2, 0.25) is 0 Å². The number of methoxy groups -OCH3 is 2. The maximum absolute atomic E-state index is 5.79. The molecule has 0 aliphatic carbocycles. The molecule has 4 rings (SSSR count). The summed E-state index contributed by atoms with van der Waals surface area (Å²) in [6.45, 7) is 0. The predicted octanol–water partition coefficient (Wildman–Crippen LogP) is 6.04. The first-order chi connectivity index (χ1) is 15.1. The molecule has 31 heavy (non-hydrogen) atoms. The van der Waals surface area contributed by atoms with E-state index in [1.807, 2.05) is 12.1 Å². The minimum absolute atomic E-state index is 0.754. The van der Waals surface area contributed by atoms with Gasteiger partial charge in [0.25, 0.3) is 0 Å². The molecule has 0 saturated heterocycles. The Morgan fingerprint density at radius 2 is 1.06 bits per heavy atom. The summed E-state index contributed by atoms with van der Waals surface area (Å²) in [5.74, 6) is 1.68. The van der Waals surface area contributed by atoms with E-state index in [1.54, 1.807) is 14.2 Å². The monoisotopic (exact) mass is 492 g/mol. The summed E-state index contributed by atoms with van der Waals surface area (Å²) >= 11 is 4.50. The molecule has 0 radical (unpaired) electrons. The predicted molar refractivity (Wildman–Crippen MR) is 137 cm³/mol. The van der Waals surface area contributed by atoms with Crippen molar-refractivity contribution in [3.05, 3.63) is 115 Å². The molecule has 0 bridgehead atoms. The van der Waals surface area contributed by atoms with Crippen LogP contribution in [-0.2, 0) is 6.16 Å². The summed E-state index contributed by atoms with van der Waals surface area (Å²) in [6, 6.07) is 38.4. The van der Waals surface area contributed by atoms with Gasteiger partial charge in [-0.3, -0.25) is 0 Å². The third-order valence-electron chi connectivity index (χ3n) is 5.84. The molecule has 0 aromatic heterocycles. The van der Waals surface area contributed by atoms with Gasteiger partial charge in [0, 0.05) is 0 Å². The van der Waals surface area contributed by atoms with E-state index in [0.717, 1.165) is 23.2 Å². The van der Waals surface area contributed by atoms with Gasteiger partial charge in [0.2, 0.25) is 0 Å². The zero-order chi connectivity index (χ0) is 21.8. The summed E-state index contributed by atoms with van der Waals surface area (Å²) < 4.78 is 11.4. The number of hydrogen-bond donors (Lipinski definition) is 0. The molecule has 4 aromatic rings. The van der Waals surface area contributed by atoms with Crippen molar-refractivity contribution in [2.75, 3.05) is 14.2 Å². The number of hydrogen-bond acceptors (Lipinski definition) is 2. The zero-order valence-corrected chi connectivity index (χ0v) is 20.2. The van der Waals surface area contributed by atoms with Crippen LogP contribution in [-0.4, -0.2) is 14.2 Å². The first-order valence-electron chi connectivity index (χ1n) is 10.2. The maximum atomic E-state index is 5.79. The molecule has 4 heteroatoms.